The van der Waals surface area contributed by atoms with E-state index in [1.807, 2.05) is 40.7 Å². The molecule has 2 aromatic rings. The molecule has 0 fully saturated rings. The Morgan fingerprint density at radius 2 is 1.35 bits per heavy atom. The van der Waals surface area contributed by atoms with Crippen molar-refractivity contribution >= 4 is 24.1 Å². The third-order valence-corrected chi connectivity index (χ3v) is 9.49. The third kappa shape index (κ3) is 5.85. The number of aldehydes is 2. The predicted molar refractivity (Wildman–Crippen MR) is 171 cm³/mol. The highest BCUT2D eigenvalue weighted by atomic mass is 16.5. The van der Waals surface area contributed by atoms with Crippen molar-refractivity contribution in [2.24, 2.45) is 29.1 Å². The first-order valence-corrected chi connectivity index (χ1v) is 15.7. The Balaban J connectivity index is 1.93. The van der Waals surface area contributed by atoms with E-state index in [0.29, 0.717) is 12.7 Å². The molecule has 46 heavy (non-hydrogen) atoms. The molecule has 10 heteroatoms. The van der Waals surface area contributed by atoms with E-state index < -0.39 is 74.4 Å². The molecule has 3 atom stereocenters. The molecule has 248 valence electrons. The van der Waals surface area contributed by atoms with Gasteiger partial charge in [-0.2, -0.15) is 0 Å². The molecule has 2 aromatic carbocycles. The van der Waals surface area contributed by atoms with Crippen LogP contribution in [-0.2, 0) is 12.8 Å². The number of benzene rings is 2. The molecule has 0 aromatic heterocycles. The summed E-state index contributed by atoms with van der Waals surface area (Å²) < 4.78 is 6.50. The lowest BCUT2D eigenvalue weighted by Crippen LogP contribution is -2.50. The smallest absolute Gasteiger partial charge is 0.170 e. The summed E-state index contributed by atoms with van der Waals surface area (Å²) in [4.78, 5) is 50.5. The highest BCUT2D eigenvalue weighted by molar-refractivity contribution is 6.06. The monoisotopic (exact) mass is 636 g/mol. The number of Topliss-reactive ketones (excluding diaryl/α,β-unsaturated/α-hetero) is 2. The van der Waals surface area contributed by atoms with Crippen molar-refractivity contribution in [3.63, 3.8) is 0 Å². The molecule has 0 bridgehead atoms. The van der Waals surface area contributed by atoms with Gasteiger partial charge >= 0.3 is 0 Å². The van der Waals surface area contributed by atoms with Crippen LogP contribution >= 0.6 is 0 Å². The van der Waals surface area contributed by atoms with E-state index in [1.165, 1.54) is 0 Å². The standard InChI is InChI=1S/C36H44O10/c1-16(2)8-25(39)28-32(43)21(30(41)23(14-37)33(28)44)12-20-10-19(18(5)6)11-27-36(20,7)13-22-31(42)24(15-38)34(45)29(35(22)46-27)26(40)9-17(3)4/h11,14-18,20,27,41-45H,8-10,12-13H2,1-7H3/t20-,27-,36+/m1/s1. The number of ether oxygens (including phenoxy) is 1. The molecule has 1 aliphatic carbocycles. The molecule has 2 aliphatic rings. The van der Waals surface area contributed by atoms with E-state index in [1.54, 1.807) is 13.8 Å². The number of aromatic hydroxyl groups is 5. The van der Waals surface area contributed by atoms with Crippen LogP contribution in [0.2, 0.25) is 0 Å². The minimum atomic E-state index is -0.876. The Morgan fingerprint density at radius 3 is 1.87 bits per heavy atom. The molecule has 0 radical (unpaired) electrons. The van der Waals surface area contributed by atoms with Crippen LogP contribution in [0.25, 0.3) is 0 Å². The molecular formula is C36H44O10. The van der Waals surface area contributed by atoms with Gasteiger partial charge in [-0.1, -0.05) is 54.0 Å². The number of phenols is 5. The lowest BCUT2D eigenvalue weighted by atomic mass is 9.59. The van der Waals surface area contributed by atoms with Crippen LogP contribution in [0.1, 0.15) is 120 Å². The molecule has 1 heterocycles. The third-order valence-electron chi connectivity index (χ3n) is 9.49. The first kappa shape index (κ1) is 34.5. The second-order valence-corrected chi connectivity index (χ2v) is 14.1. The first-order valence-electron chi connectivity index (χ1n) is 15.7. The summed E-state index contributed by atoms with van der Waals surface area (Å²) >= 11 is 0. The molecule has 10 nitrogen and oxygen atoms in total. The van der Waals surface area contributed by atoms with E-state index >= 15 is 0 Å². The minimum absolute atomic E-state index is 0.00821. The second-order valence-electron chi connectivity index (χ2n) is 14.1. The van der Waals surface area contributed by atoms with Crippen LogP contribution in [0.15, 0.2) is 11.6 Å². The zero-order chi connectivity index (χ0) is 34.4. The zero-order valence-corrected chi connectivity index (χ0v) is 27.4. The fourth-order valence-electron chi connectivity index (χ4n) is 6.84. The van der Waals surface area contributed by atoms with Gasteiger partial charge in [0.15, 0.2) is 24.1 Å². The lowest BCUT2D eigenvalue weighted by molar-refractivity contribution is 0.00977. The average molecular weight is 637 g/mol. The maximum atomic E-state index is 13.4. The van der Waals surface area contributed by atoms with Crippen molar-refractivity contribution in [1.82, 2.24) is 0 Å². The normalized spacial score (nSPS) is 20.6. The van der Waals surface area contributed by atoms with E-state index in [2.05, 4.69) is 0 Å². The first-order chi connectivity index (χ1) is 21.5. The Morgan fingerprint density at radius 1 is 0.826 bits per heavy atom. The quantitative estimate of drug-likeness (QED) is 0.105. The summed E-state index contributed by atoms with van der Waals surface area (Å²) in [6.07, 6.45) is 2.34. The topological polar surface area (TPSA) is 179 Å². The van der Waals surface area contributed by atoms with Crippen molar-refractivity contribution in [3.05, 3.63) is 45.0 Å². The SMILES string of the molecule is CC(C)CC(=O)c1c(O)c(C=O)c(O)c(C[C@H]2CC(C(C)C)=C[C@H]3Oc4c(c(O)c(C=O)c(O)c4C(=O)CC(C)C)C[C@@]23C)c1O. The second kappa shape index (κ2) is 12.8. The van der Waals surface area contributed by atoms with Crippen LogP contribution in [-0.4, -0.2) is 55.8 Å². The highest BCUT2D eigenvalue weighted by Crippen LogP contribution is 2.57. The van der Waals surface area contributed by atoms with Gasteiger partial charge in [0.05, 0.1) is 11.1 Å². The number of rotatable bonds is 11. The Labute approximate surface area is 268 Å². The van der Waals surface area contributed by atoms with Gasteiger partial charge in [0.1, 0.15) is 51.7 Å². The lowest BCUT2D eigenvalue weighted by Gasteiger charge is -2.50. The van der Waals surface area contributed by atoms with Crippen molar-refractivity contribution in [2.75, 3.05) is 0 Å². The number of ketones is 2. The fourth-order valence-corrected chi connectivity index (χ4v) is 6.84. The van der Waals surface area contributed by atoms with Gasteiger partial charge in [0, 0.05) is 29.4 Å². The number of hydrogen-bond acceptors (Lipinski definition) is 10. The number of phenolic OH excluding ortho intramolecular Hbond substituents is 5. The molecule has 0 spiro atoms. The van der Waals surface area contributed by atoms with Gasteiger partial charge in [0.25, 0.3) is 0 Å². The number of allylic oxidation sites excluding steroid dienone is 1. The number of fused-ring (bicyclic) bond motifs is 2. The van der Waals surface area contributed by atoms with Gasteiger partial charge < -0.3 is 30.3 Å². The summed E-state index contributed by atoms with van der Waals surface area (Å²) in [5, 5.41) is 55.4. The van der Waals surface area contributed by atoms with Crippen molar-refractivity contribution in [2.45, 2.75) is 86.7 Å². The van der Waals surface area contributed by atoms with Crippen LogP contribution in [0, 0.1) is 29.1 Å². The van der Waals surface area contributed by atoms with Crippen LogP contribution in [0.4, 0.5) is 0 Å². The Kier molecular flexibility index (Phi) is 9.62. The van der Waals surface area contributed by atoms with Crippen LogP contribution < -0.4 is 4.74 Å². The molecule has 4 rings (SSSR count). The van der Waals surface area contributed by atoms with E-state index in [-0.39, 0.29) is 72.2 Å². The summed E-state index contributed by atoms with van der Waals surface area (Å²) in [7, 11) is 0. The van der Waals surface area contributed by atoms with Crippen LogP contribution in [0.3, 0.4) is 0 Å². The minimum Gasteiger partial charge on any atom is -0.507 e. The molecule has 5 N–H and O–H groups in total. The summed E-state index contributed by atoms with van der Waals surface area (Å²) in [6.45, 7) is 13.2. The summed E-state index contributed by atoms with van der Waals surface area (Å²) in [5.74, 6) is -4.74. The number of carbonyl (C=O) groups excluding carboxylic acids is 4. The average Bonchev–Trinajstić information content (AvgIpc) is 2.94. The van der Waals surface area contributed by atoms with Gasteiger partial charge in [-0.25, -0.2) is 0 Å². The maximum absolute atomic E-state index is 13.4. The van der Waals surface area contributed by atoms with Crippen LogP contribution in [0.5, 0.6) is 34.5 Å². The van der Waals surface area contributed by atoms with Gasteiger partial charge in [-0.15, -0.1) is 0 Å². The van der Waals surface area contributed by atoms with Gasteiger partial charge in [0.2, 0.25) is 0 Å². The fraction of sp³-hybridized carbons (Fsp3) is 0.500. The van der Waals surface area contributed by atoms with Crippen molar-refractivity contribution in [1.29, 1.82) is 0 Å². The Bertz CT molecular complexity index is 1630. The number of hydrogen-bond donors (Lipinski definition) is 5. The molecule has 0 saturated heterocycles. The summed E-state index contributed by atoms with van der Waals surface area (Å²) in [5.41, 5.74) is -1.30. The molecular weight excluding hydrogens is 592 g/mol. The molecule has 1 aliphatic heterocycles. The molecule has 0 saturated carbocycles. The highest BCUT2D eigenvalue weighted by Gasteiger charge is 2.51. The van der Waals surface area contributed by atoms with E-state index in [0.717, 1.165) is 5.57 Å². The van der Waals surface area contributed by atoms with E-state index in [9.17, 15) is 44.7 Å². The number of carbonyl (C=O) groups is 4. The molecule has 0 amide bonds. The van der Waals surface area contributed by atoms with E-state index in [4.69, 9.17) is 4.74 Å². The Hall–Kier alpha value is -4.34. The van der Waals surface area contributed by atoms with Crippen molar-refractivity contribution < 1.29 is 49.4 Å². The molecule has 0 unspecified atom stereocenters. The van der Waals surface area contributed by atoms with Crippen molar-refractivity contribution in [3.8, 4) is 34.5 Å². The maximum Gasteiger partial charge on any atom is 0.170 e. The zero-order valence-electron chi connectivity index (χ0n) is 27.4. The van der Waals surface area contributed by atoms with Gasteiger partial charge in [-0.3, -0.25) is 19.2 Å². The predicted octanol–water partition coefficient (Wildman–Crippen LogP) is 6.45. The largest absolute Gasteiger partial charge is 0.507 e. The summed E-state index contributed by atoms with van der Waals surface area (Å²) in [6, 6.07) is 0. The van der Waals surface area contributed by atoms with Gasteiger partial charge in [-0.05, 0) is 49.0 Å².